The number of likely N-dealkylation sites (tertiary alicyclic amines) is 1. The lowest BCUT2D eigenvalue weighted by atomic mass is 10.1. The van der Waals surface area contributed by atoms with Gasteiger partial charge in [0.05, 0.1) is 11.4 Å². The minimum Gasteiger partial charge on any atom is -0.357 e. The van der Waals surface area contributed by atoms with Crippen molar-refractivity contribution in [2.75, 3.05) is 32.9 Å². The minimum atomic E-state index is -3.18. The average Bonchev–Trinajstić information content (AvgIpc) is 2.94. The summed E-state index contributed by atoms with van der Waals surface area (Å²) in [4.78, 5) is 7.39. The molecule has 6 nitrogen and oxygen atoms in total. The third-order valence-corrected chi connectivity index (χ3v) is 5.84. The fourth-order valence-electron chi connectivity index (χ4n) is 3.19. The van der Waals surface area contributed by atoms with E-state index < -0.39 is 9.84 Å². The number of nitrogens with one attached hydrogen (secondary N) is 2. The quantitative estimate of drug-likeness (QED) is 0.590. The number of nitrogens with zero attached hydrogens (tertiary/aromatic N) is 2. The Balaban J connectivity index is 2.01. The van der Waals surface area contributed by atoms with E-state index >= 15 is 0 Å². The summed E-state index contributed by atoms with van der Waals surface area (Å²) in [5.74, 6) is 0.799. The smallest absolute Gasteiger partial charge is 0.191 e. The van der Waals surface area contributed by atoms with Gasteiger partial charge in [0.1, 0.15) is 0 Å². The second kappa shape index (κ2) is 8.67. The first kappa shape index (κ1) is 19.7. The predicted octanol–water partition coefficient (Wildman–Crippen LogP) is 1.55. The van der Waals surface area contributed by atoms with Crippen LogP contribution in [0.5, 0.6) is 0 Å². The summed E-state index contributed by atoms with van der Waals surface area (Å²) in [6.45, 7) is 7.23. The molecule has 0 amide bonds. The summed E-state index contributed by atoms with van der Waals surface area (Å²) in [6, 6.07) is 5.96. The monoisotopic (exact) mass is 366 g/mol. The fraction of sp³-hybridized carbons (Fsp3) is 0.611. The molecule has 0 saturated carbocycles. The standard InChI is InChI=1S/C18H30N4O2S/c1-5-19-18(21-13-16-7-6-10-22(16)3)20-12-15-8-9-17(14(2)11-15)25(4,23)24/h8-9,11,16H,5-7,10,12-13H2,1-4H3,(H2,19,20,21). The molecule has 25 heavy (non-hydrogen) atoms. The largest absolute Gasteiger partial charge is 0.357 e. The molecule has 1 aromatic carbocycles. The zero-order chi connectivity index (χ0) is 18.4. The molecular weight excluding hydrogens is 336 g/mol. The highest BCUT2D eigenvalue weighted by atomic mass is 32.2. The molecule has 0 aliphatic carbocycles. The third kappa shape index (κ3) is 5.71. The highest BCUT2D eigenvalue weighted by molar-refractivity contribution is 7.90. The van der Waals surface area contributed by atoms with Gasteiger partial charge >= 0.3 is 0 Å². The lowest BCUT2D eigenvalue weighted by Gasteiger charge is -2.21. The van der Waals surface area contributed by atoms with E-state index in [0.717, 1.165) is 36.7 Å². The molecule has 1 heterocycles. The topological polar surface area (TPSA) is 73.8 Å². The summed E-state index contributed by atoms with van der Waals surface area (Å²) in [7, 11) is -1.02. The van der Waals surface area contributed by atoms with E-state index in [9.17, 15) is 8.42 Å². The summed E-state index contributed by atoms with van der Waals surface area (Å²) in [6.07, 6.45) is 3.71. The first-order chi connectivity index (χ1) is 11.8. The van der Waals surface area contributed by atoms with E-state index in [1.54, 1.807) is 6.07 Å². The predicted molar refractivity (Wildman–Crippen MR) is 103 cm³/mol. The molecule has 1 fully saturated rings. The Morgan fingerprint density at radius 1 is 1.36 bits per heavy atom. The number of sulfone groups is 1. The van der Waals surface area contributed by atoms with Crippen molar-refractivity contribution in [3.63, 3.8) is 0 Å². The zero-order valence-electron chi connectivity index (χ0n) is 15.7. The lowest BCUT2D eigenvalue weighted by molar-refractivity contribution is 0.309. The number of likely N-dealkylation sites (N-methyl/N-ethyl adjacent to an activating group) is 1. The van der Waals surface area contributed by atoms with Gasteiger partial charge in [0, 0.05) is 25.4 Å². The van der Waals surface area contributed by atoms with Gasteiger partial charge in [0.25, 0.3) is 0 Å². The third-order valence-electron chi connectivity index (χ3n) is 4.58. The Bertz CT molecular complexity index is 716. The Hall–Kier alpha value is -1.60. The SMILES string of the molecule is CCNC(=NCc1ccc(S(C)(=O)=O)c(C)c1)NCC1CCCN1C. The highest BCUT2D eigenvalue weighted by Crippen LogP contribution is 2.17. The van der Waals surface area contributed by atoms with Gasteiger partial charge in [-0.2, -0.15) is 0 Å². The maximum absolute atomic E-state index is 11.7. The van der Waals surface area contributed by atoms with E-state index in [1.807, 2.05) is 26.0 Å². The Morgan fingerprint density at radius 3 is 2.68 bits per heavy atom. The van der Waals surface area contributed by atoms with Crippen LogP contribution in [0.25, 0.3) is 0 Å². The van der Waals surface area contributed by atoms with Crippen molar-refractivity contribution < 1.29 is 8.42 Å². The molecule has 2 N–H and O–H groups in total. The van der Waals surface area contributed by atoms with Crippen LogP contribution in [0.2, 0.25) is 0 Å². The van der Waals surface area contributed by atoms with Crippen molar-refractivity contribution >= 4 is 15.8 Å². The van der Waals surface area contributed by atoms with Gasteiger partial charge in [-0.15, -0.1) is 0 Å². The van der Waals surface area contributed by atoms with Crippen LogP contribution in [0.1, 0.15) is 30.9 Å². The molecule has 7 heteroatoms. The van der Waals surface area contributed by atoms with Gasteiger partial charge in [0.15, 0.2) is 15.8 Å². The van der Waals surface area contributed by atoms with E-state index in [4.69, 9.17) is 0 Å². The molecule has 1 saturated heterocycles. The fourth-order valence-corrected chi connectivity index (χ4v) is 4.15. The van der Waals surface area contributed by atoms with Crippen LogP contribution in [-0.4, -0.2) is 58.3 Å². The van der Waals surface area contributed by atoms with Gasteiger partial charge in [-0.05, 0) is 57.5 Å². The number of guanidine groups is 1. The number of rotatable bonds is 6. The van der Waals surface area contributed by atoms with E-state index in [-0.39, 0.29) is 0 Å². The van der Waals surface area contributed by atoms with Crippen molar-refractivity contribution in [2.45, 2.75) is 44.2 Å². The molecule has 2 rings (SSSR count). The Morgan fingerprint density at radius 2 is 2.12 bits per heavy atom. The van der Waals surface area contributed by atoms with Gasteiger partial charge in [-0.25, -0.2) is 13.4 Å². The van der Waals surface area contributed by atoms with Crippen molar-refractivity contribution in [3.05, 3.63) is 29.3 Å². The van der Waals surface area contributed by atoms with Crippen molar-refractivity contribution in [2.24, 2.45) is 4.99 Å². The van der Waals surface area contributed by atoms with Gasteiger partial charge in [0.2, 0.25) is 0 Å². The molecule has 0 bridgehead atoms. The summed E-state index contributed by atoms with van der Waals surface area (Å²) >= 11 is 0. The van der Waals surface area contributed by atoms with Gasteiger partial charge < -0.3 is 15.5 Å². The summed E-state index contributed by atoms with van der Waals surface area (Å²) in [5.41, 5.74) is 1.76. The molecule has 140 valence electrons. The molecule has 0 spiro atoms. The Labute approximate surface area is 151 Å². The molecule has 1 aliphatic heterocycles. The van der Waals surface area contributed by atoms with E-state index in [2.05, 4.69) is 27.6 Å². The second-order valence-corrected chi connectivity index (χ2v) is 8.71. The van der Waals surface area contributed by atoms with Crippen LogP contribution in [-0.2, 0) is 16.4 Å². The maximum atomic E-state index is 11.7. The highest BCUT2D eigenvalue weighted by Gasteiger charge is 2.20. The van der Waals surface area contributed by atoms with Crippen molar-refractivity contribution in [3.8, 4) is 0 Å². The van der Waals surface area contributed by atoms with Gasteiger partial charge in [-0.3, -0.25) is 0 Å². The molecule has 1 atom stereocenters. The maximum Gasteiger partial charge on any atom is 0.191 e. The molecular formula is C18H30N4O2S. The van der Waals surface area contributed by atoms with Gasteiger partial charge in [-0.1, -0.05) is 12.1 Å². The first-order valence-electron chi connectivity index (χ1n) is 8.83. The molecule has 0 aromatic heterocycles. The number of hydrogen-bond acceptors (Lipinski definition) is 4. The lowest BCUT2D eigenvalue weighted by Crippen LogP contribution is -2.44. The van der Waals surface area contributed by atoms with E-state index in [1.165, 1.54) is 19.1 Å². The van der Waals surface area contributed by atoms with Crippen LogP contribution < -0.4 is 10.6 Å². The second-order valence-electron chi connectivity index (χ2n) is 6.72. The number of hydrogen-bond donors (Lipinski definition) is 2. The molecule has 1 aromatic rings. The average molecular weight is 367 g/mol. The normalized spacial score (nSPS) is 19.2. The Kier molecular flexibility index (Phi) is 6.84. The molecule has 1 unspecified atom stereocenters. The van der Waals surface area contributed by atoms with Crippen LogP contribution >= 0.6 is 0 Å². The van der Waals surface area contributed by atoms with Crippen molar-refractivity contribution in [1.82, 2.24) is 15.5 Å². The first-order valence-corrected chi connectivity index (χ1v) is 10.7. The number of benzene rings is 1. The zero-order valence-corrected chi connectivity index (χ0v) is 16.5. The molecule has 1 aliphatic rings. The number of aryl methyl sites for hydroxylation is 1. The summed E-state index contributed by atoms with van der Waals surface area (Å²) < 4.78 is 23.4. The summed E-state index contributed by atoms with van der Waals surface area (Å²) in [5, 5.41) is 6.68. The van der Waals surface area contributed by atoms with Crippen LogP contribution in [0.15, 0.2) is 28.1 Å². The molecule has 0 radical (unpaired) electrons. The van der Waals surface area contributed by atoms with E-state index in [0.29, 0.717) is 17.5 Å². The van der Waals surface area contributed by atoms with Crippen molar-refractivity contribution in [1.29, 1.82) is 0 Å². The van der Waals surface area contributed by atoms with Crippen LogP contribution in [0, 0.1) is 6.92 Å². The number of aliphatic imine (C=N–C) groups is 1. The van der Waals surface area contributed by atoms with Crippen LogP contribution in [0.3, 0.4) is 0 Å². The minimum absolute atomic E-state index is 0.384. The van der Waals surface area contributed by atoms with Crippen LogP contribution in [0.4, 0.5) is 0 Å².